The Hall–Kier alpha value is -1.96. The molecule has 1 N–H and O–H groups in total. The quantitative estimate of drug-likeness (QED) is 0.849. The molecule has 2 rings (SSSR count). The molecule has 0 amide bonds. The Morgan fingerprint density at radius 3 is 2.18 bits per heavy atom. The molecular weight excluding hydrogens is 212 g/mol. The van der Waals surface area contributed by atoms with Crippen molar-refractivity contribution in [1.82, 2.24) is 0 Å². The second-order valence-electron chi connectivity index (χ2n) is 4.26. The molecule has 2 aromatic rings. The third-order valence-electron chi connectivity index (χ3n) is 2.74. The van der Waals surface area contributed by atoms with Crippen LogP contribution < -0.4 is 4.74 Å². The van der Waals surface area contributed by atoms with E-state index < -0.39 is 0 Å². The number of hydrogen-bond acceptors (Lipinski definition) is 2. The van der Waals surface area contributed by atoms with Gasteiger partial charge in [-0.1, -0.05) is 29.3 Å². The molecule has 0 heterocycles. The Morgan fingerprint density at radius 2 is 1.59 bits per heavy atom. The van der Waals surface area contributed by atoms with Crippen LogP contribution >= 0.6 is 0 Å². The maximum Gasteiger partial charge on any atom is 0.123 e. The zero-order valence-electron chi connectivity index (χ0n) is 10.3. The van der Waals surface area contributed by atoms with Gasteiger partial charge in [-0.25, -0.2) is 0 Å². The summed E-state index contributed by atoms with van der Waals surface area (Å²) >= 11 is 0. The minimum absolute atomic E-state index is 0.274. The molecule has 0 radical (unpaired) electrons. The molecular formula is C15H16O2. The third kappa shape index (κ3) is 2.41. The van der Waals surface area contributed by atoms with Crippen molar-refractivity contribution in [3.63, 3.8) is 0 Å². The lowest BCUT2D eigenvalue weighted by Crippen LogP contribution is -1.86. The number of phenols is 1. The molecule has 0 unspecified atom stereocenters. The first-order valence-electron chi connectivity index (χ1n) is 5.56. The number of rotatable bonds is 2. The Morgan fingerprint density at radius 1 is 0.941 bits per heavy atom. The third-order valence-corrected chi connectivity index (χ3v) is 2.74. The highest BCUT2D eigenvalue weighted by Gasteiger charge is 2.07. The van der Waals surface area contributed by atoms with Crippen LogP contribution in [0.5, 0.6) is 11.5 Å². The van der Waals surface area contributed by atoms with Crippen molar-refractivity contribution in [1.29, 1.82) is 0 Å². The van der Waals surface area contributed by atoms with E-state index in [1.807, 2.05) is 19.9 Å². The number of aromatic hydroxyl groups is 1. The maximum atomic E-state index is 9.91. The van der Waals surface area contributed by atoms with Gasteiger partial charge in [0.1, 0.15) is 11.5 Å². The molecule has 0 atom stereocenters. The Bertz CT molecular complexity index is 524. The first-order valence-corrected chi connectivity index (χ1v) is 5.56. The molecule has 0 spiro atoms. The van der Waals surface area contributed by atoms with Crippen molar-refractivity contribution >= 4 is 0 Å². The number of ether oxygens (including phenoxy) is 1. The summed E-state index contributed by atoms with van der Waals surface area (Å²) in [6.07, 6.45) is 0. The number of aryl methyl sites for hydroxylation is 2. The van der Waals surface area contributed by atoms with Crippen LogP contribution in [0.2, 0.25) is 0 Å². The summed E-state index contributed by atoms with van der Waals surface area (Å²) in [6.45, 7) is 4.10. The van der Waals surface area contributed by atoms with Gasteiger partial charge in [0, 0.05) is 5.56 Å². The molecule has 0 aliphatic rings. The van der Waals surface area contributed by atoms with Gasteiger partial charge in [0.15, 0.2) is 0 Å². The lowest BCUT2D eigenvalue weighted by Gasteiger charge is -2.09. The van der Waals surface area contributed by atoms with Gasteiger partial charge in [0.2, 0.25) is 0 Å². The van der Waals surface area contributed by atoms with Crippen LogP contribution in [0.25, 0.3) is 11.1 Å². The van der Waals surface area contributed by atoms with Gasteiger partial charge in [-0.05, 0) is 37.6 Å². The van der Waals surface area contributed by atoms with Gasteiger partial charge in [-0.3, -0.25) is 0 Å². The SMILES string of the molecule is COc1ccc(O)c(-c2cc(C)cc(C)c2)c1. The van der Waals surface area contributed by atoms with Gasteiger partial charge in [0.25, 0.3) is 0 Å². The molecule has 2 heteroatoms. The molecule has 2 aromatic carbocycles. The van der Waals surface area contributed by atoms with Gasteiger partial charge in [0.05, 0.1) is 7.11 Å². The first-order chi connectivity index (χ1) is 8.10. The maximum absolute atomic E-state index is 9.91. The van der Waals surface area contributed by atoms with Crippen LogP contribution in [-0.2, 0) is 0 Å². The van der Waals surface area contributed by atoms with E-state index in [0.717, 1.165) is 16.9 Å². The summed E-state index contributed by atoms with van der Waals surface area (Å²) in [4.78, 5) is 0. The summed E-state index contributed by atoms with van der Waals surface area (Å²) in [5.41, 5.74) is 4.18. The smallest absolute Gasteiger partial charge is 0.123 e. The van der Waals surface area contributed by atoms with Gasteiger partial charge >= 0.3 is 0 Å². The van der Waals surface area contributed by atoms with Crippen LogP contribution in [0.3, 0.4) is 0 Å². The molecule has 0 saturated carbocycles. The summed E-state index contributed by atoms with van der Waals surface area (Å²) in [6, 6.07) is 11.5. The summed E-state index contributed by atoms with van der Waals surface area (Å²) in [7, 11) is 1.62. The van der Waals surface area contributed by atoms with E-state index in [-0.39, 0.29) is 5.75 Å². The standard InChI is InChI=1S/C15H16O2/c1-10-6-11(2)8-12(7-10)14-9-13(17-3)4-5-15(14)16/h4-9,16H,1-3H3. The Labute approximate surface area is 101 Å². The van der Waals surface area contributed by atoms with Crippen LogP contribution in [0.15, 0.2) is 36.4 Å². The van der Waals surface area contributed by atoms with Crippen LogP contribution in [-0.4, -0.2) is 12.2 Å². The highest BCUT2D eigenvalue weighted by molar-refractivity contribution is 5.72. The first kappa shape index (κ1) is 11.5. The minimum atomic E-state index is 0.274. The Balaban J connectivity index is 2.58. The van der Waals surface area contributed by atoms with Gasteiger partial charge in [-0.2, -0.15) is 0 Å². The highest BCUT2D eigenvalue weighted by atomic mass is 16.5. The lowest BCUT2D eigenvalue weighted by molar-refractivity contribution is 0.412. The highest BCUT2D eigenvalue weighted by Crippen LogP contribution is 2.33. The van der Waals surface area contributed by atoms with Crippen LogP contribution in [0.1, 0.15) is 11.1 Å². The van der Waals surface area contributed by atoms with E-state index in [9.17, 15) is 5.11 Å². The number of benzene rings is 2. The second kappa shape index (κ2) is 4.50. The van der Waals surface area contributed by atoms with Crippen molar-refractivity contribution < 1.29 is 9.84 Å². The molecule has 88 valence electrons. The number of phenolic OH excluding ortho intramolecular Hbond substituents is 1. The largest absolute Gasteiger partial charge is 0.507 e. The average Bonchev–Trinajstić information content (AvgIpc) is 2.28. The molecule has 0 aliphatic carbocycles. The van der Waals surface area contributed by atoms with E-state index in [0.29, 0.717) is 0 Å². The van der Waals surface area contributed by atoms with E-state index in [4.69, 9.17) is 4.74 Å². The second-order valence-corrected chi connectivity index (χ2v) is 4.26. The minimum Gasteiger partial charge on any atom is -0.507 e. The predicted molar refractivity (Wildman–Crippen MR) is 69.6 cm³/mol. The summed E-state index contributed by atoms with van der Waals surface area (Å²) < 4.78 is 5.18. The van der Waals surface area contributed by atoms with Crippen LogP contribution in [0.4, 0.5) is 0 Å². The van der Waals surface area contributed by atoms with E-state index in [1.54, 1.807) is 19.2 Å². The van der Waals surface area contributed by atoms with Gasteiger partial charge < -0.3 is 9.84 Å². The molecule has 17 heavy (non-hydrogen) atoms. The fourth-order valence-electron chi connectivity index (χ4n) is 2.00. The normalized spacial score (nSPS) is 10.3. The van der Waals surface area contributed by atoms with Crippen molar-refractivity contribution in [2.75, 3.05) is 7.11 Å². The van der Waals surface area contributed by atoms with E-state index in [2.05, 4.69) is 18.2 Å². The summed E-state index contributed by atoms with van der Waals surface area (Å²) in [5.74, 6) is 1.02. The average molecular weight is 228 g/mol. The topological polar surface area (TPSA) is 29.5 Å². The number of methoxy groups -OCH3 is 1. The van der Waals surface area contributed by atoms with Crippen LogP contribution in [0, 0.1) is 13.8 Å². The van der Waals surface area contributed by atoms with Crippen molar-refractivity contribution in [3.8, 4) is 22.6 Å². The molecule has 0 saturated heterocycles. The molecule has 2 nitrogen and oxygen atoms in total. The van der Waals surface area contributed by atoms with E-state index >= 15 is 0 Å². The fraction of sp³-hybridized carbons (Fsp3) is 0.200. The molecule has 0 bridgehead atoms. The fourth-order valence-corrected chi connectivity index (χ4v) is 2.00. The predicted octanol–water partition coefficient (Wildman–Crippen LogP) is 3.68. The Kier molecular flexibility index (Phi) is 3.05. The van der Waals surface area contributed by atoms with E-state index in [1.165, 1.54) is 11.1 Å². The zero-order valence-corrected chi connectivity index (χ0v) is 10.3. The summed E-state index contributed by atoms with van der Waals surface area (Å²) in [5, 5.41) is 9.91. The molecule has 0 aliphatic heterocycles. The molecule has 0 fully saturated rings. The van der Waals surface area contributed by atoms with Gasteiger partial charge in [-0.15, -0.1) is 0 Å². The zero-order chi connectivity index (χ0) is 12.4. The number of hydrogen-bond donors (Lipinski definition) is 1. The lowest BCUT2D eigenvalue weighted by atomic mass is 10.00. The molecule has 0 aromatic heterocycles. The van der Waals surface area contributed by atoms with Crippen molar-refractivity contribution in [2.24, 2.45) is 0 Å². The monoisotopic (exact) mass is 228 g/mol. The van der Waals surface area contributed by atoms with Crippen molar-refractivity contribution in [2.45, 2.75) is 13.8 Å². The van der Waals surface area contributed by atoms with Crippen molar-refractivity contribution in [3.05, 3.63) is 47.5 Å².